The first-order valence-electron chi connectivity index (χ1n) is 7.57. The molecule has 0 amide bonds. The van der Waals surface area contributed by atoms with Crippen LogP contribution in [0, 0.1) is 12.8 Å². The minimum atomic E-state index is 0.815. The number of nitrogens with zero attached hydrogens (tertiary/aromatic N) is 3. The molecule has 20 heavy (non-hydrogen) atoms. The van der Waals surface area contributed by atoms with Gasteiger partial charge in [0.1, 0.15) is 0 Å². The van der Waals surface area contributed by atoms with E-state index in [1.54, 1.807) is 0 Å². The van der Waals surface area contributed by atoms with Gasteiger partial charge in [0.2, 0.25) is 0 Å². The summed E-state index contributed by atoms with van der Waals surface area (Å²) in [5.74, 6) is 0.815. The average Bonchev–Trinajstić information content (AvgIpc) is 2.69. The van der Waals surface area contributed by atoms with E-state index in [4.69, 9.17) is 0 Å². The minimum absolute atomic E-state index is 0.815. The van der Waals surface area contributed by atoms with Gasteiger partial charge in [0.05, 0.1) is 5.69 Å². The zero-order chi connectivity index (χ0) is 14.5. The third kappa shape index (κ3) is 3.79. The smallest absolute Gasteiger partial charge is 0.157 e. The fourth-order valence-corrected chi connectivity index (χ4v) is 2.48. The van der Waals surface area contributed by atoms with Crippen LogP contribution in [0.3, 0.4) is 0 Å². The Morgan fingerprint density at radius 1 is 1.30 bits per heavy atom. The van der Waals surface area contributed by atoms with Gasteiger partial charge in [-0.25, -0.2) is 4.98 Å². The van der Waals surface area contributed by atoms with Crippen LogP contribution >= 0.6 is 0 Å². The molecule has 0 bridgehead atoms. The number of nitrogens with one attached hydrogen (secondary N) is 1. The predicted octanol–water partition coefficient (Wildman–Crippen LogP) is 3.19. The van der Waals surface area contributed by atoms with Gasteiger partial charge in [0.15, 0.2) is 5.65 Å². The summed E-state index contributed by atoms with van der Waals surface area (Å²) >= 11 is 0. The molecular weight excluding hydrogens is 248 g/mol. The van der Waals surface area contributed by atoms with Gasteiger partial charge < -0.3 is 5.32 Å². The second kappa shape index (κ2) is 6.84. The summed E-state index contributed by atoms with van der Waals surface area (Å²) in [6.45, 7) is 8.57. The van der Waals surface area contributed by atoms with E-state index in [1.165, 1.54) is 24.8 Å². The van der Waals surface area contributed by atoms with E-state index in [9.17, 15) is 0 Å². The molecule has 4 nitrogen and oxygen atoms in total. The molecule has 0 aliphatic rings. The molecule has 0 saturated heterocycles. The number of rotatable bonds is 7. The second-order valence-corrected chi connectivity index (χ2v) is 5.99. The maximum atomic E-state index is 4.50. The fourth-order valence-electron chi connectivity index (χ4n) is 2.48. The number of pyridine rings is 1. The molecule has 0 aliphatic carbocycles. The van der Waals surface area contributed by atoms with E-state index in [-0.39, 0.29) is 0 Å². The molecular formula is C16H26N4. The lowest BCUT2D eigenvalue weighted by atomic mass is 10.1. The largest absolute Gasteiger partial charge is 0.313 e. The van der Waals surface area contributed by atoms with Crippen LogP contribution in [-0.4, -0.2) is 21.3 Å². The summed E-state index contributed by atoms with van der Waals surface area (Å²) < 4.78 is 1.84. The predicted molar refractivity (Wildman–Crippen MR) is 83.6 cm³/mol. The van der Waals surface area contributed by atoms with Gasteiger partial charge in [0.25, 0.3) is 0 Å². The second-order valence-electron chi connectivity index (χ2n) is 5.99. The molecule has 0 fully saturated rings. The van der Waals surface area contributed by atoms with Gasteiger partial charge in [-0.15, -0.1) is 0 Å². The van der Waals surface area contributed by atoms with Crippen LogP contribution in [0.4, 0.5) is 0 Å². The van der Waals surface area contributed by atoms with Gasteiger partial charge in [-0.1, -0.05) is 26.7 Å². The van der Waals surface area contributed by atoms with Crippen molar-refractivity contribution in [3.63, 3.8) is 0 Å². The van der Waals surface area contributed by atoms with Crippen molar-refractivity contribution in [1.29, 1.82) is 0 Å². The van der Waals surface area contributed by atoms with Gasteiger partial charge in [-0.05, 0) is 37.4 Å². The van der Waals surface area contributed by atoms with E-state index in [1.807, 2.05) is 24.9 Å². The van der Waals surface area contributed by atoms with Gasteiger partial charge in [0, 0.05) is 25.2 Å². The van der Waals surface area contributed by atoms with E-state index in [2.05, 4.69) is 35.3 Å². The van der Waals surface area contributed by atoms with Crippen LogP contribution < -0.4 is 5.32 Å². The van der Waals surface area contributed by atoms with Crippen molar-refractivity contribution in [2.75, 3.05) is 6.54 Å². The summed E-state index contributed by atoms with van der Waals surface area (Å²) in [5.41, 5.74) is 3.24. The Hall–Kier alpha value is -1.42. The molecule has 1 N–H and O–H groups in total. The zero-order valence-electron chi connectivity index (χ0n) is 13.1. The maximum Gasteiger partial charge on any atom is 0.157 e. The van der Waals surface area contributed by atoms with Gasteiger partial charge in [-0.2, -0.15) is 5.10 Å². The Morgan fingerprint density at radius 2 is 2.10 bits per heavy atom. The standard InChI is InChI=1S/C16H26N4/c1-12(2)7-5-6-8-17-10-14-9-15-13(3)19-20(4)16(15)18-11-14/h9,11-12,17H,5-8,10H2,1-4H3. The van der Waals surface area contributed by atoms with Crippen molar-refractivity contribution in [1.82, 2.24) is 20.1 Å². The van der Waals surface area contributed by atoms with E-state index < -0.39 is 0 Å². The highest BCUT2D eigenvalue weighted by atomic mass is 15.3. The topological polar surface area (TPSA) is 42.7 Å². The molecule has 4 heteroatoms. The Labute approximate surface area is 121 Å². The van der Waals surface area contributed by atoms with Crippen molar-refractivity contribution in [3.8, 4) is 0 Å². The molecule has 0 atom stereocenters. The SMILES string of the molecule is Cc1nn(C)c2ncc(CNCCCCC(C)C)cc12. The molecule has 2 aromatic heterocycles. The fraction of sp³-hybridized carbons (Fsp3) is 0.625. The Kier molecular flexibility index (Phi) is 5.12. The van der Waals surface area contributed by atoms with Crippen LogP contribution in [0.15, 0.2) is 12.3 Å². The molecule has 0 aromatic carbocycles. The highest BCUT2D eigenvalue weighted by molar-refractivity contribution is 5.78. The third-order valence-electron chi connectivity index (χ3n) is 3.63. The lowest BCUT2D eigenvalue weighted by molar-refractivity contribution is 0.520. The van der Waals surface area contributed by atoms with E-state index in [0.29, 0.717) is 0 Å². The molecule has 0 spiro atoms. The van der Waals surface area contributed by atoms with Crippen LogP contribution in [-0.2, 0) is 13.6 Å². The van der Waals surface area contributed by atoms with E-state index >= 15 is 0 Å². The zero-order valence-corrected chi connectivity index (χ0v) is 13.1. The van der Waals surface area contributed by atoms with Crippen molar-refractivity contribution in [3.05, 3.63) is 23.5 Å². The number of aryl methyl sites for hydroxylation is 2. The third-order valence-corrected chi connectivity index (χ3v) is 3.63. The maximum absolute atomic E-state index is 4.50. The quantitative estimate of drug-likeness (QED) is 0.788. The van der Waals surface area contributed by atoms with Crippen LogP contribution in [0.25, 0.3) is 11.0 Å². The Bertz CT molecular complexity index is 557. The molecule has 2 aromatic rings. The highest BCUT2D eigenvalue weighted by Gasteiger charge is 2.06. The normalized spacial score (nSPS) is 11.7. The first-order chi connectivity index (χ1) is 9.58. The number of hydrogen-bond acceptors (Lipinski definition) is 3. The van der Waals surface area contributed by atoms with E-state index in [0.717, 1.165) is 35.7 Å². The van der Waals surface area contributed by atoms with Crippen molar-refractivity contribution < 1.29 is 0 Å². The summed E-state index contributed by atoms with van der Waals surface area (Å²) in [4.78, 5) is 4.50. The van der Waals surface area contributed by atoms with Crippen LogP contribution in [0.1, 0.15) is 44.4 Å². The molecule has 2 rings (SSSR count). The lowest BCUT2D eigenvalue weighted by Gasteiger charge is -2.06. The highest BCUT2D eigenvalue weighted by Crippen LogP contribution is 2.16. The number of unbranched alkanes of at least 4 members (excludes halogenated alkanes) is 1. The van der Waals surface area contributed by atoms with Gasteiger partial charge >= 0.3 is 0 Å². The van der Waals surface area contributed by atoms with Crippen molar-refractivity contribution in [2.24, 2.45) is 13.0 Å². The Morgan fingerprint density at radius 3 is 2.85 bits per heavy atom. The molecule has 2 heterocycles. The first kappa shape index (κ1) is 15.0. The Balaban J connectivity index is 1.83. The lowest BCUT2D eigenvalue weighted by Crippen LogP contribution is -2.15. The number of aromatic nitrogens is 3. The average molecular weight is 274 g/mol. The summed E-state index contributed by atoms with van der Waals surface area (Å²) in [5, 5.41) is 9.06. The molecule has 0 aliphatic heterocycles. The van der Waals surface area contributed by atoms with Crippen LogP contribution in [0.5, 0.6) is 0 Å². The minimum Gasteiger partial charge on any atom is -0.313 e. The summed E-state index contributed by atoms with van der Waals surface area (Å²) in [7, 11) is 1.94. The number of hydrogen-bond donors (Lipinski definition) is 1. The molecule has 0 radical (unpaired) electrons. The van der Waals surface area contributed by atoms with Gasteiger partial charge in [-0.3, -0.25) is 4.68 Å². The molecule has 0 unspecified atom stereocenters. The molecule has 0 saturated carbocycles. The first-order valence-corrected chi connectivity index (χ1v) is 7.57. The number of fused-ring (bicyclic) bond motifs is 1. The summed E-state index contributed by atoms with van der Waals surface area (Å²) in [6.07, 6.45) is 5.83. The summed E-state index contributed by atoms with van der Waals surface area (Å²) in [6, 6.07) is 2.20. The molecule has 110 valence electrons. The van der Waals surface area contributed by atoms with Crippen molar-refractivity contribution >= 4 is 11.0 Å². The van der Waals surface area contributed by atoms with Crippen LogP contribution in [0.2, 0.25) is 0 Å². The monoisotopic (exact) mass is 274 g/mol. The van der Waals surface area contributed by atoms with Crippen molar-refractivity contribution in [2.45, 2.75) is 46.6 Å².